The van der Waals surface area contributed by atoms with Gasteiger partial charge in [-0.15, -0.1) is 0 Å². The van der Waals surface area contributed by atoms with E-state index >= 15 is 0 Å². The molecule has 1 aromatic rings. The maximum Gasteiger partial charge on any atom is 0.271 e. The molecule has 0 unspecified atom stereocenters. The van der Waals surface area contributed by atoms with Crippen LogP contribution in [-0.4, -0.2) is 9.97 Å². The van der Waals surface area contributed by atoms with Gasteiger partial charge in [-0.05, 0) is 6.92 Å². The van der Waals surface area contributed by atoms with Gasteiger partial charge < -0.3 is 16.5 Å². The highest BCUT2D eigenvalue weighted by atomic mass is 16.1. The summed E-state index contributed by atoms with van der Waals surface area (Å²) in [6.07, 6.45) is 0. The van der Waals surface area contributed by atoms with Crippen molar-refractivity contribution in [2.24, 2.45) is 11.5 Å². The van der Waals surface area contributed by atoms with Crippen LogP contribution in [0.3, 0.4) is 0 Å². The molecule has 0 amide bonds. The number of H-pyrrole nitrogens is 1. The molecule has 0 aliphatic carbocycles. The van der Waals surface area contributed by atoms with Crippen LogP contribution in [0.4, 0.5) is 0 Å². The smallest absolute Gasteiger partial charge is 0.271 e. The molecule has 0 fully saturated rings. The first-order chi connectivity index (χ1) is 5.69. The highest BCUT2D eigenvalue weighted by Gasteiger charge is 2.03. The summed E-state index contributed by atoms with van der Waals surface area (Å²) in [5.74, 6) is 0. The van der Waals surface area contributed by atoms with Crippen LogP contribution in [0.15, 0.2) is 4.79 Å². The van der Waals surface area contributed by atoms with Crippen LogP contribution in [0.5, 0.6) is 0 Å². The molecule has 1 aromatic heterocycles. The number of hydrogen-bond donors (Lipinski definition) is 3. The minimum absolute atomic E-state index is 0.154. The predicted molar refractivity (Wildman–Crippen MR) is 45.4 cm³/mol. The number of aryl methyl sites for hydroxylation is 1. The summed E-state index contributed by atoms with van der Waals surface area (Å²) in [5, 5.41) is 0. The standard InChI is InChI=1S/C7H12N4O/c1-4-5(2-8)11-7(12)6(3-9)10-4/h2-3,8-9H2,1H3,(H,11,12). The van der Waals surface area contributed by atoms with Crippen LogP contribution < -0.4 is 17.0 Å². The second-order valence-corrected chi connectivity index (χ2v) is 2.48. The number of rotatable bonds is 2. The van der Waals surface area contributed by atoms with Gasteiger partial charge in [-0.1, -0.05) is 0 Å². The van der Waals surface area contributed by atoms with Crippen molar-refractivity contribution in [3.63, 3.8) is 0 Å². The van der Waals surface area contributed by atoms with Gasteiger partial charge in [-0.3, -0.25) is 4.79 Å². The number of nitrogens with two attached hydrogens (primary N) is 2. The van der Waals surface area contributed by atoms with E-state index in [1.807, 2.05) is 0 Å². The van der Waals surface area contributed by atoms with E-state index in [1.165, 1.54) is 0 Å². The Morgan fingerprint density at radius 2 is 2.08 bits per heavy atom. The first-order valence-electron chi connectivity index (χ1n) is 3.67. The Hall–Kier alpha value is -1.20. The van der Waals surface area contributed by atoms with E-state index in [0.29, 0.717) is 17.9 Å². The molecule has 0 aliphatic rings. The number of aromatic nitrogens is 2. The molecule has 5 N–H and O–H groups in total. The lowest BCUT2D eigenvalue weighted by molar-refractivity contribution is 0.849. The van der Waals surface area contributed by atoms with Crippen molar-refractivity contribution in [2.45, 2.75) is 20.0 Å². The summed E-state index contributed by atoms with van der Waals surface area (Å²) in [5.41, 5.74) is 12.2. The van der Waals surface area contributed by atoms with Crippen molar-refractivity contribution in [1.82, 2.24) is 9.97 Å². The number of nitrogens with one attached hydrogen (secondary N) is 1. The van der Waals surface area contributed by atoms with Crippen molar-refractivity contribution in [2.75, 3.05) is 0 Å². The fraction of sp³-hybridized carbons (Fsp3) is 0.429. The molecule has 1 rings (SSSR count). The minimum atomic E-state index is -0.247. The van der Waals surface area contributed by atoms with Crippen LogP contribution in [0.2, 0.25) is 0 Å². The van der Waals surface area contributed by atoms with E-state index in [9.17, 15) is 4.79 Å². The molecule has 0 spiro atoms. The average molecular weight is 168 g/mol. The zero-order valence-corrected chi connectivity index (χ0v) is 6.92. The molecule has 66 valence electrons. The topological polar surface area (TPSA) is 97.8 Å². The van der Waals surface area contributed by atoms with Crippen LogP contribution in [0.25, 0.3) is 0 Å². The molecule has 0 aliphatic heterocycles. The van der Waals surface area contributed by atoms with Gasteiger partial charge in [0.25, 0.3) is 5.56 Å². The lowest BCUT2D eigenvalue weighted by Gasteiger charge is -2.02. The van der Waals surface area contributed by atoms with Crippen molar-refractivity contribution < 1.29 is 0 Å². The molecule has 0 saturated carbocycles. The summed E-state index contributed by atoms with van der Waals surface area (Å²) < 4.78 is 0. The maximum atomic E-state index is 11.1. The van der Waals surface area contributed by atoms with Gasteiger partial charge in [-0.2, -0.15) is 0 Å². The molecular weight excluding hydrogens is 156 g/mol. The Kier molecular flexibility index (Phi) is 2.57. The molecular formula is C7H12N4O. The predicted octanol–water partition coefficient (Wildman–Crippen LogP) is -1.00. The fourth-order valence-corrected chi connectivity index (χ4v) is 0.957. The Bertz CT molecular complexity index is 331. The van der Waals surface area contributed by atoms with Gasteiger partial charge in [0.15, 0.2) is 0 Å². The van der Waals surface area contributed by atoms with E-state index in [4.69, 9.17) is 11.5 Å². The zero-order valence-electron chi connectivity index (χ0n) is 6.92. The SMILES string of the molecule is Cc1nc(CN)c(=O)[nH]c1CN. The summed E-state index contributed by atoms with van der Waals surface area (Å²) in [7, 11) is 0. The Morgan fingerprint density at radius 3 is 2.58 bits per heavy atom. The molecule has 0 aromatic carbocycles. The monoisotopic (exact) mass is 168 g/mol. The summed E-state index contributed by atoms with van der Waals surface area (Å²) in [4.78, 5) is 17.8. The van der Waals surface area contributed by atoms with Gasteiger partial charge >= 0.3 is 0 Å². The third-order valence-corrected chi connectivity index (χ3v) is 1.66. The van der Waals surface area contributed by atoms with E-state index in [2.05, 4.69) is 9.97 Å². The summed E-state index contributed by atoms with van der Waals surface area (Å²) in [6.45, 7) is 2.23. The van der Waals surface area contributed by atoms with Gasteiger partial charge in [0.2, 0.25) is 0 Å². The summed E-state index contributed by atoms with van der Waals surface area (Å²) in [6, 6.07) is 0. The third-order valence-electron chi connectivity index (χ3n) is 1.66. The molecule has 0 saturated heterocycles. The van der Waals surface area contributed by atoms with Crippen LogP contribution in [0, 0.1) is 6.92 Å². The highest BCUT2D eigenvalue weighted by molar-refractivity contribution is 5.12. The Labute approximate surface area is 69.8 Å². The summed E-state index contributed by atoms with van der Waals surface area (Å²) >= 11 is 0. The second-order valence-electron chi connectivity index (χ2n) is 2.48. The Morgan fingerprint density at radius 1 is 1.42 bits per heavy atom. The highest BCUT2D eigenvalue weighted by Crippen LogP contribution is 1.96. The first kappa shape index (κ1) is 8.89. The molecule has 0 bridgehead atoms. The largest absolute Gasteiger partial charge is 0.325 e. The van der Waals surface area contributed by atoms with E-state index < -0.39 is 0 Å². The molecule has 0 radical (unpaired) electrons. The third kappa shape index (κ3) is 1.51. The van der Waals surface area contributed by atoms with Gasteiger partial charge in [0.05, 0.1) is 11.4 Å². The van der Waals surface area contributed by atoms with Crippen LogP contribution in [0.1, 0.15) is 17.1 Å². The molecule has 5 nitrogen and oxygen atoms in total. The van der Waals surface area contributed by atoms with E-state index in [0.717, 1.165) is 5.69 Å². The van der Waals surface area contributed by atoms with E-state index in [-0.39, 0.29) is 12.1 Å². The van der Waals surface area contributed by atoms with E-state index in [1.54, 1.807) is 6.92 Å². The van der Waals surface area contributed by atoms with Crippen LogP contribution in [-0.2, 0) is 13.1 Å². The lowest BCUT2D eigenvalue weighted by atomic mass is 10.3. The molecule has 0 atom stereocenters. The van der Waals surface area contributed by atoms with Gasteiger partial charge in [0, 0.05) is 13.1 Å². The number of nitrogens with zero attached hydrogens (tertiary/aromatic N) is 1. The van der Waals surface area contributed by atoms with Gasteiger partial charge in [-0.25, -0.2) is 4.98 Å². The molecule has 12 heavy (non-hydrogen) atoms. The fourth-order valence-electron chi connectivity index (χ4n) is 0.957. The number of hydrogen-bond acceptors (Lipinski definition) is 4. The average Bonchev–Trinajstić information content (AvgIpc) is 2.08. The minimum Gasteiger partial charge on any atom is -0.325 e. The first-order valence-corrected chi connectivity index (χ1v) is 3.67. The normalized spacial score (nSPS) is 10.2. The van der Waals surface area contributed by atoms with Crippen molar-refractivity contribution in [3.05, 3.63) is 27.4 Å². The maximum absolute atomic E-state index is 11.1. The quantitative estimate of drug-likeness (QED) is 0.527. The number of aromatic amines is 1. The zero-order chi connectivity index (χ0) is 9.14. The molecule has 1 heterocycles. The second kappa shape index (κ2) is 3.46. The van der Waals surface area contributed by atoms with Crippen molar-refractivity contribution in [3.8, 4) is 0 Å². The van der Waals surface area contributed by atoms with Crippen molar-refractivity contribution in [1.29, 1.82) is 0 Å². The lowest BCUT2D eigenvalue weighted by Crippen LogP contribution is -2.22. The van der Waals surface area contributed by atoms with Gasteiger partial charge in [0.1, 0.15) is 5.69 Å². The Balaban J connectivity index is 3.26. The molecule has 5 heteroatoms. The van der Waals surface area contributed by atoms with Crippen LogP contribution >= 0.6 is 0 Å². The van der Waals surface area contributed by atoms with Crippen molar-refractivity contribution >= 4 is 0 Å².